The third-order valence-corrected chi connectivity index (χ3v) is 6.72. The molecule has 2 aromatic heterocycles. The summed E-state index contributed by atoms with van der Waals surface area (Å²) in [6, 6.07) is 28.5. The van der Waals surface area contributed by atoms with Gasteiger partial charge in [0.1, 0.15) is 0 Å². The number of carbonyl (C=O) groups is 1. The zero-order valence-electron chi connectivity index (χ0n) is 19.3. The normalized spacial score (nSPS) is 11.0. The van der Waals surface area contributed by atoms with Gasteiger partial charge in [0.25, 0.3) is 5.56 Å². The number of rotatable bonds is 8. The number of thioether (sulfide) groups is 1. The number of amides is 1. The lowest BCUT2D eigenvalue weighted by atomic mass is 10.2. The Kier molecular flexibility index (Phi) is 6.78. The Morgan fingerprint density at radius 1 is 0.944 bits per heavy atom. The summed E-state index contributed by atoms with van der Waals surface area (Å²) in [5.74, 6) is 0.384. The monoisotopic (exact) mass is 494 g/mol. The maximum atomic E-state index is 13.4. The van der Waals surface area contributed by atoms with Crippen LogP contribution in [0.4, 0.5) is 5.69 Å². The van der Waals surface area contributed by atoms with Gasteiger partial charge in [0.05, 0.1) is 35.7 Å². The lowest BCUT2D eigenvalue weighted by molar-refractivity contribution is -0.116. The van der Waals surface area contributed by atoms with Gasteiger partial charge < -0.3 is 4.90 Å². The number of nitrogens with zero attached hydrogens (tertiary/aromatic N) is 6. The fraction of sp³-hybridized carbons (Fsp3) is 0.148. The molecule has 0 bridgehead atoms. The van der Waals surface area contributed by atoms with Crippen molar-refractivity contribution >= 4 is 40.0 Å². The maximum Gasteiger partial charge on any atom is 0.263 e. The first kappa shape index (κ1) is 23.3. The lowest BCUT2D eigenvalue weighted by Gasteiger charge is -2.21. The summed E-state index contributed by atoms with van der Waals surface area (Å²) in [7, 11) is 0. The molecule has 0 radical (unpaired) electrons. The molecule has 1 amide bonds. The molecule has 36 heavy (non-hydrogen) atoms. The lowest BCUT2D eigenvalue weighted by Crippen LogP contribution is -2.33. The highest BCUT2D eigenvalue weighted by Crippen LogP contribution is 2.23. The Morgan fingerprint density at radius 2 is 1.64 bits per heavy atom. The molecular formula is C27H22N6O2S. The molecule has 5 aromatic rings. The smallest absolute Gasteiger partial charge is 0.263 e. The molecule has 2 heterocycles. The number of carbonyl (C=O) groups excluding carboxylic acids is 1. The van der Waals surface area contributed by atoms with Gasteiger partial charge in [0.2, 0.25) is 11.7 Å². The summed E-state index contributed by atoms with van der Waals surface area (Å²) in [5, 5.41) is 18.8. The van der Waals surface area contributed by atoms with E-state index in [4.69, 9.17) is 5.26 Å². The number of anilines is 1. The predicted octanol–water partition coefficient (Wildman–Crippen LogP) is 4.13. The van der Waals surface area contributed by atoms with Gasteiger partial charge in [-0.15, -0.1) is 10.2 Å². The predicted molar refractivity (Wildman–Crippen MR) is 140 cm³/mol. The van der Waals surface area contributed by atoms with E-state index in [0.717, 1.165) is 11.3 Å². The quantitative estimate of drug-likeness (QED) is 0.301. The molecule has 5 rings (SSSR count). The third-order valence-electron chi connectivity index (χ3n) is 5.80. The van der Waals surface area contributed by atoms with E-state index in [1.54, 1.807) is 15.5 Å². The first-order chi connectivity index (χ1) is 17.7. The molecule has 0 N–H and O–H groups in total. The average molecular weight is 495 g/mol. The van der Waals surface area contributed by atoms with Crippen LogP contribution in [-0.2, 0) is 11.3 Å². The van der Waals surface area contributed by atoms with Crippen LogP contribution in [0.25, 0.3) is 16.7 Å². The highest BCUT2D eigenvalue weighted by molar-refractivity contribution is 7.99. The summed E-state index contributed by atoms with van der Waals surface area (Å²) < 4.78 is 3.44. The van der Waals surface area contributed by atoms with Crippen molar-refractivity contribution in [3.63, 3.8) is 0 Å². The van der Waals surface area contributed by atoms with Crippen molar-refractivity contribution < 1.29 is 4.79 Å². The number of hydrogen-bond donors (Lipinski definition) is 0. The second kappa shape index (κ2) is 10.5. The van der Waals surface area contributed by atoms with Crippen LogP contribution in [-0.4, -0.2) is 37.4 Å². The molecule has 0 aliphatic rings. The summed E-state index contributed by atoms with van der Waals surface area (Å²) in [4.78, 5) is 28.2. The Bertz CT molecular complexity index is 1620. The molecule has 0 fully saturated rings. The van der Waals surface area contributed by atoms with Crippen LogP contribution in [0.1, 0.15) is 12.0 Å². The Balaban J connectivity index is 1.51. The maximum absolute atomic E-state index is 13.4. The molecule has 178 valence electrons. The number of fused-ring (bicyclic) bond motifs is 3. The first-order valence-electron chi connectivity index (χ1n) is 11.4. The number of aromatic nitrogens is 4. The van der Waals surface area contributed by atoms with Crippen molar-refractivity contribution in [2.45, 2.75) is 18.1 Å². The average Bonchev–Trinajstić information content (AvgIpc) is 3.35. The van der Waals surface area contributed by atoms with Crippen molar-refractivity contribution in [2.75, 3.05) is 17.2 Å². The van der Waals surface area contributed by atoms with Gasteiger partial charge in [0.15, 0.2) is 5.16 Å². The third kappa shape index (κ3) is 4.59. The van der Waals surface area contributed by atoms with Crippen molar-refractivity contribution in [3.05, 3.63) is 101 Å². The van der Waals surface area contributed by atoms with Crippen LogP contribution >= 0.6 is 11.8 Å². The molecule has 0 saturated heterocycles. The zero-order valence-corrected chi connectivity index (χ0v) is 20.1. The van der Waals surface area contributed by atoms with Crippen molar-refractivity contribution in [3.8, 4) is 6.07 Å². The minimum atomic E-state index is -0.145. The van der Waals surface area contributed by atoms with E-state index in [9.17, 15) is 9.59 Å². The molecule has 9 heteroatoms. The van der Waals surface area contributed by atoms with Crippen LogP contribution in [0.3, 0.4) is 0 Å². The van der Waals surface area contributed by atoms with Crippen LogP contribution in [0, 0.1) is 11.3 Å². The molecule has 0 atom stereocenters. The van der Waals surface area contributed by atoms with Gasteiger partial charge in [-0.05, 0) is 29.8 Å². The molecule has 3 aromatic carbocycles. The number of nitriles is 1. The van der Waals surface area contributed by atoms with Gasteiger partial charge >= 0.3 is 0 Å². The Hall–Kier alpha value is -4.42. The molecular weight excluding hydrogens is 472 g/mol. The topological polar surface area (TPSA) is 96.3 Å². The van der Waals surface area contributed by atoms with E-state index >= 15 is 0 Å². The number of benzene rings is 3. The minimum Gasteiger partial charge on any atom is -0.311 e. The standard InChI is InChI=1S/C27H22N6O2S/c28-16-9-17-31(21-12-5-2-6-13-21)24(34)19-36-27-30-29-26-32(18-20-10-3-1-4-11-20)25(35)22-14-7-8-15-23(22)33(26)27/h1-8,10-15H,9,17-19H2. The second-order valence-corrected chi connectivity index (χ2v) is 9.03. The summed E-state index contributed by atoms with van der Waals surface area (Å²) >= 11 is 1.26. The van der Waals surface area contributed by atoms with Gasteiger partial charge in [0, 0.05) is 12.2 Å². The summed E-state index contributed by atoms with van der Waals surface area (Å²) in [6.45, 7) is 0.658. The van der Waals surface area contributed by atoms with Gasteiger partial charge in [-0.2, -0.15) is 5.26 Å². The van der Waals surface area contributed by atoms with Crippen LogP contribution in [0.2, 0.25) is 0 Å². The fourth-order valence-electron chi connectivity index (χ4n) is 4.11. The zero-order chi connectivity index (χ0) is 24.9. The van der Waals surface area contributed by atoms with Gasteiger partial charge in [-0.3, -0.25) is 18.6 Å². The van der Waals surface area contributed by atoms with E-state index in [1.807, 2.05) is 83.3 Å². The number of hydrogen-bond acceptors (Lipinski definition) is 6. The first-order valence-corrected chi connectivity index (χ1v) is 12.4. The Morgan fingerprint density at radius 3 is 2.39 bits per heavy atom. The summed E-state index contributed by atoms with van der Waals surface area (Å²) in [6.07, 6.45) is 0.232. The minimum absolute atomic E-state index is 0.104. The molecule has 0 unspecified atom stereocenters. The second-order valence-electron chi connectivity index (χ2n) is 8.09. The van der Waals surface area contributed by atoms with Crippen molar-refractivity contribution in [2.24, 2.45) is 0 Å². The van der Waals surface area contributed by atoms with Crippen LogP contribution < -0.4 is 10.5 Å². The van der Waals surface area contributed by atoms with E-state index < -0.39 is 0 Å². The van der Waals surface area contributed by atoms with Crippen LogP contribution in [0.5, 0.6) is 0 Å². The van der Waals surface area contributed by atoms with Crippen molar-refractivity contribution in [1.29, 1.82) is 5.26 Å². The molecule has 0 aliphatic carbocycles. The molecule has 0 aliphatic heterocycles. The molecule has 8 nitrogen and oxygen atoms in total. The highest BCUT2D eigenvalue weighted by Gasteiger charge is 2.20. The summed E-state index contributed by atoms with van der Waals surface area (Å²) in [5.41, 5.74) is 2.26. The van der Waals surface area contributed by atoms with E-state index in [0.29, 0.717) is 34.9 Å². The van der Waals surface area contributed by atoms with E-state index in [2.05, 4.69) is 16.3 Å². The highest BCUT2D eigenvalue weighted by atomic mass is 32.2. The SMILES string of the molecule is N#CCCN(C(=O)CSc1nnc2n(Cc3ccccc3)c(=O)c3ccccc3n12)c1ccccc1. The number of para-hydroxylation sites is 2. The van der Waals surface area contributed by atoms with E-state index in [1.165, 1.54) is 11.8 Å². The largest absolute Gasteiger partial charge is 0.311 e. The van der Waals surface area contributed by atoms with Crippen LogP contribution in [0.15, 0.2) is 94.9 Å². The van der Waals surface area contributed by atoms with Gasteiger partial charge in [-0.1, -0.05) is 72.4 Å². The fourth-order valence-corrected chi connectivity index (χ4v) is 4.92. The van der Waals surface area contributed by atoms with Gasteiger partial charge in [-0.25, -0.2) is 0 Å². The molecule has 0 spiro atoms. The Labute approximate surface area is 211 Å². The van der Waals surface area contributed by atoms with Crippen molar-refractivity contribution in [1.82, 2.24) is 19.2 Å². The van der Waals surface area contributed by atoms with E-state index in [-0.39, 0.29) is 23.6 Å². The molecule has 0 saturated carbocycles.